The Morgan fingerprint density at radius 3 is 3.12 bits per heavy atom. The summed E-state index contributed by atoms with van der Waals surface area (Å²) in [6.45, 7) is 1.82. The maximum atomic E-state index is 11.5. The monoisotopic (exact) mass is 330 g/mol. The molecule has 1 aromatic carbocycles. The third-order valence-corrected chi connectivity index (χ3v) is 4.38. The molecule has 0 aliphatic carbocycles. The van der Waals surface area contributed by atoms with E-state index in [1.54, 1.807) is 11.0 Å². The summed E-state index contributed by atoms with van der Waals surface area (Å²) in [5.74, 6) is 1.15. The fourth-order valence-electron chi connectivity index (χ4n) is 3.23. The van der Waals surface area contributed by atoms with Crippen LogP contribution in [0.15, 0.2) is 24.5 Å². The van der Waals surface area contributed by atoms with E-state index in [0.29, 0.717) is 6.67 Å². The summed E-state index contributed by atoms with van der Waals surface area (Å²) in [6, 6.07) is 6.37. The minimum Gasteiger partial charge on any atom is -0.463 e. The molecule has 0 spiro atoms. The molecule has 8 nitrogen and oxygen atoms in total. The van der Waals surface area contributed by atoms with Crippen LogP contribution in [0.25, 0.3) is 0 Å². The first-order valence-electron chi connectivity index (χ1n) is 7.86. The second-order valence-electron chi connectivity index (χ2n) is 5.82. The van der Waals surface area contributed by atoms with Crippen molar-refractivity contribution >= 4 is 5.97 Å². The van der Waals surface area contributed by atoms with Gasteiger partial charge >= 0.3 is 5.97 Å². The van der Waals surface area contributed by atoms with Crippen molar-refractivity contribution in [3.05, 3.63) is 35.9 Å². The van der Waals surface area contributed by atoms with E-state index in [9.17, 15) is 4.79 Å². The lowest BCUT2D eigenvalue weighted by Gasteiger charge is -2.24. The van der Waals surface area contributed by atoms with Gasteiger partial charge in [-0.2, -0.15) is 0 Å². The fourth-order valence-corrected chi connectivity index (χ4v) is 3.23. The predicted octanol–water partition coefficient (Wildman–Crippen LogP) is 1.59. The Balaban J connectivity index is 1.50. The van der Waals surface area contributed by atoms with E-state index in [0.717, 1.165) is 30.9 Å². The Morgan fingerprint density at radius 2 is 2.25 bits per heavy atom. The van der Waals surface area contributed by atoms with Gasteiger partial charge in [-0.1, -0.05) is 6.07 Å². The number of likely N-dealkylation sites (tertiary alicyclic amines) is 1. The number of rotatable bonds is 4. The van der Waals surface area contributed by atoms with Crippen molar-refractivity contribution in [1.82, 2.24) is 19.7 Å². The summed E-state index contributed by atoms with van der Waals surface area (Å²) >= 11 is 0. The molecule has 4 rings (SSSR count). The molecule has 2 aromatic rings. The highest BCUT2D eigenvalue weighted by atomic mass is 16.7. The molecule has 126 valence electrons. The van der Waals surface area contributed by atoms with Gasteiger partial charge in [-0.05, 0) is 30.5 Å². The van der Waals surface area contributed by atoms with E-state index in [2.05, 4.69) is 25.8 Å². The third kappa shape index (κ3) is 2.69. The zero-order valence-electron chi connectivity index (χ0n) is 13.3. The van der Waals surface area contributed by atoms with Gasteiger partial charge in [0.25, 0.3) is 5.82 Å². The summed E-state index contributed by atoms with van der Waals surface area (Å²) in [5, 5.41) is 4.18. The first-order valence-corrected chi connectivity index (χ1v) is 7.86. The molecule has 24 heavy (non-hydrogen) atoms. The molecule has 1 unspecified atom stereocenters. The van der Waals surface area contributed by atoms with Crippen LogP contribution >= 0.6 is 0 Å². The Bertz CT molecular complexity index is 760. The van der Waals surface area contributed by atoms with E-state index >= 15 is 0 Å². The number of nitrogens with zero attached hydrogens (tertiary/aromatic N) is 4. The van der Waals surface area contributed by atoms with E-state index in [1.165, 1.54) is 12.7 Å². The van der Waals surface area contributed by atoms with Crippen LogP contribution in [0.1, 0.15) is 35.1 Å². The molecule has 0 radical (unpaired) electrons. The molecular formula is C16H18N4O4. The lowest BCUT2D eigenvalue weighted by atomic mass is 10.0. The zero-order chi connectivity index (χ0) is 16.5. The molecule has 0 amide bonds. The van der Waals surface area contributed by atoms with Crippen molar-refractivity contribution in [3.8, 4) is 11.5 Å². The topological polar surface area (TPSA) is 78.7 Å². The number of fused-ring (bicyclic) bond motifs is 1. The van der Waals surface area contributed by atoms with Gasteiger partial charge in [-0.15, -0.1) is 5.10 Å². The van der Waals surface area contributed by atoms with Crippen LogP contribution in [0.2, 0.25) is 0 Å². The van der Waals surface area contributed by atoms with Crippen molar-refractivity contribution in [2.24, 2.45) is 0 Å². The summed E-state index contributed by atoms with van der Waals surface area (Å²) < 4.78 is 17.1. The normalized spacial score (nSPS) is 19.6. The summed E-state index contributed by atoms with van der Waals surface area (Å²) in [4.78, 5) is 17.8. The minimum absolute atomic E-state index is 0.0799. The molecule has 0 bridgehead atoms. The SMILES string of the molecule is COC(=O)c1ncn(CN2CCCC2c2ccc3c(c2)OCO3)n1. The van der Waals surface area contributed by atoms with Gasteiger partial charge in [0.2, 0.25) is 6.79 Å². The Labute approximate surface area is 138 Å². The van der Waals surface area contributed by atoms with E-state index in [4.69, 9.17) is 9.47 Å². The molecule has 1 saturated heterocycles. The standard InChI is InChI=1S/C16H18N4O4/c1-22-16(21)15-17-8-20(18-15)9-19-6-2-3-12(19)11-4-5-13-14(7-11)24-10-23-13/h4-5,7-8,12H,2-3,6,9-10H2,1H3. The van der Waals surface area contributed by atoms with Crippen molar-refractivity contribution < 1.29 is 19.0 Å². The smallest absolute Gasteiger partial charge is 0.377 e. The van der Waals surface area contributed by atoms with Crippen LogP contribution in [-0.4, -0.2) is 46.1 Å². The number of benzene rings is 1. The molecule has 1 fully saturated rings. The van der Waals surface area contributed by atoms with Crippen molar-refractivity contribution in [3.63, 3.8) is 0 Å². The van der Waals surface area contributed by atoms with Crippen LogP contribution in [0, 0.1) is 0 Å². The van der Waals surface area contributed by atoms with Gasteiger partial charge in [0.1, 0.15) is 6.33 Å². The molecule has 2 aliphatic rings. The van der Waals surface area contributed by atoms with Crippen LogP contribution in [-0.2, 0) is 11.4 Å². The van der Waals surface area contributed by atoms with Crippen LogP contribution in [0.4, 0.5) is 0 Å². The number of carbonyl (C=O) groups is 1. The van der Waals surface area contributed by atoms with Crippen molar-refractivity contribution in [1.29, 1.82) is 0 Å². The maximum absolute atomic E-state index is 11.5. The minimum atomic E-state index is -0.525. The largest absolute Gasteiger partial charge is 0.463 e. The first kappa shape index (κ1) is 14.9. The zero-order valence-corrected chi connectivity index (χ0v) is 13.3. The quantitative estimate of drug-likeness (QED) is 0.788. The molecule has 1 atom stereocenters. The molecular weight excluding hydrogens is 312 g/mol. The van der Waals surface area contributed by atoms with Gasteiger partial charge in [0.05, 0.1) is 13.8 Å². The molecule has 0 N–H and O–H groups in total. The lowest BCUT2D eigenvalue weighted by molar-refractivity contribution is 0.0585. The predicted molar refractivity (Wildman–Crippen MR) is 82.6 cm³/mol. The second kappa shape index (κ2) is 6.12. The molecule has 2 aliphatic heterocycles. The molecule has 0 saturated carbocycles. The Morgan fingerprint density at radius 1 is 1.38 bits per heavy atom. The lowest BCUT2D eigenvalue weighted by Crippen LogP contribution is -2.26. The maximum Gasteiger partial charge on any atom is 0.377 e. The second-order valence-corrected chi connectivity index (χ2v) is 5.82. The molecule has 8 heteroatoms. The van der Waals surface area contributed by atoms with Crippen molar-refractivity contribution in [2.45, 2.75) is 25.6 Å². The first-order chi connectivity index (χ1) is 11.7. The highest BCUT2D eigenvalue weighted by molar-refractivity contribution is 5.84. The summed E-state index contributed by atoms with van der Waals surface area (Å²) in [5.41, 5.74) is 1.20. The number of esters is 1. The summed E-state index contributed by atoms with van der Waals surface area (Å²) in [7, 11) is 1.32. The van der Waals surface area contributed by atoms with E-state index in [-0.39, 0.29) is 18.7 Å². The fraction of sp³-hybridized carbons (Fsp3) is 0.438. The Kier molecular flexibility index (Phi) is 3.81. The molecule has 1 aromatic heterocycles. The molecule has 3 heterocycles. The van der Waals surface area contributed by atoms with E-state index < -0.39 is 5.97 Å². The van der Waals surface area contributed by atoms with Gasteiger partial charge in [0, 0.05) is 12.6 Å². The number of aromatic nitrogens is 3. The number of ether oxygens (including phenoxy) is 3. The van der Waals surface area contributed by atoms with Gasteiger partial charge in [0.15, 0.2) is 11.5 Å². The number of carbonyl (C=O) groups excluding carboxylic acids is 1. The Hall–Kier alpha value is -2.61. The van der Waals surface area contributed by atoms with Gasteiger partial charge < -0.3 is 14.2 Å². The number of hydrogen-bond acceptors (Lipinski definition) is 7. The van der Waals surface area contributed by atoms with Gasteiger partial charge in [-0.3, -0.25) is 4.90 Å². The number of hydrogen-bond donors (Lipinski definition) is 0. The van der Waals surface area contributed by atoms with Gasteiger partial charge in [-0.25, -0.2) is 14.5 Å². The third-order valence-electron chi connectivity index (χ3n) is 4.38. The van der Waals surface area contributed by atoms with Crippen LogP contribution < -0.4 is 9.47 Å². The highest BCUT2D eigenvalue weighted by Crippen LogP contribution is 2.38. The van der Waals surface area contributed by atoms with Crippen molar-refractivity contribution in [2.75, 3.05) is 20.4 Å². The van der Waals surface area contributed by atoms with Crippen LogP contribution in [0.5, 0.6) is 11.5 Å². The average Bonchev–Trinajstić information content (AvgIpc) is 3.34. The van der Waals surface area contributed by atoms with Crippen LogP contribution in [0.3, 0.4) is 0 Å². The highest BCUT2D eigenvalue weighted by Gasteiger charge is 2.28. The van der Waals surface area contributed by atoms with E-state index in [1.807, 2.05) is 12.1 Å². The average molecular weight is 330 g/mol. The summed E-state index contributed by atoms with van der Waals surface area (Å²) in [6.07, 6.45) is 3.73. The number of methoxy groups -OCH3 is 1.